The quantitative estimate of drug-likeness (QED) is 0.638. The smallest absolute Gasteiger partial charge is 0.255 e. The highest BCUT2D eigenvalue weighted by atomic mass is 19.3. The van der Waals surface area contributed by atoms with Crippen molar-refractivity contribution in [2.24, 2.45) is 0 Å². The molecule has 3 N–H and O–H groups in total. The van der Waals surface area contributed by atoms with E-state index in [1.165, 1.54) is 6.20 Å². The number of anilines is 1. The van der Waals surface area contributed by atoms with Crippen molar-refractivity contribution < 1.29 is 23.5 Å². The zero-order valence-electron chi connectivity index (χ0n) is 19.1. The van der Waals surface area contributed by atoms with Gasteiger partial charge in [-0.05, 0) is 26.7 Å². The molecule has 2 aromatic rings. The Hall–Kier alpha value is -2.82. The molecule has 1 saturated heterocycles. The molecule has 4 rings (SSSR count). The fourth-order valence-electron chi connectivity index (χ4n) is 4.74. The van der Waals surface area contributed by atoms with Gasteiger partial charge in [0.05, 0.1) is 22.9 Å². The molecule has 180 valence electrons. The summed E-state index contributed by atoms with van der Waals surface area (Å²) in [4.78, 5) is 40.6. The second kappa shape index (κ2) is 8.19. The molecule has 0 unspecified atom stereocenters. The highest BCUT2D eigenvalue weighted by Gasteiger charge is 2.42. The van der Waals surface area contributed by atoms with E-state index in [2.05, 4.69) is 20.3 Å². The molecule has 1 aliphatic carbocycles. The fraction of sp³-hybridized carbons (Fsp3) is 0.636. The Morgan fingerprint density at radius 3 is 2.55 bits per heavy atom. The number of H-pyrrole nitrogens is 1. The Kier molecular flexibility index (Phi) is 5.80. The van der Waals surface area contributed by atoms with Gasteiger partial charge in [-0.15, -0.1) is 0 Å². The van der Waals surface area contributed by atoms with Crippen molar-refractivity contribution in [1.29, 1.82) is 0 Å². The van der Waals surface area contributed by atoms with E-state index in [0.717, 1.165) is 0 Å². The summed E-state index contributed by atoms with van der Waals surface area (Å²) in [6.45, 7) is 7.15. The maximum absolute atomic E-state index is 13.4. The van der Waals surface area contributed by atoms with E-state index >= 15 is 0 Å². The average Bonchev–Trinajstić information content (AvgIpc) is 3.17. The Balaban J connectivity index is 1.48. The van der Waals surface area contributed by atoms with Gasteiger partial charge in [-0.3, -0.25) is 9.59 Å². The van der Waals surface area contributed by atoms with Gasteiger partial charge in [0.25, 0.3) is 5.91 Å². The summed E-state index contributed by atoms with van der Waals surface area (Å²) in [5.74, 6) is -2.60. The molecule has 1 saturated carbocycles. The van der Waals surface area contributed by atoms with Crippen molar-refractivity contribution in [3.05, 3.63) is 18.0 Å². The number of amides is 2. The Morgan fingerprint density at radius 2 is 1.91 bits per heavy atom. The zero-order chi connectivity index (χ0) is 24.0. The van der Waals surface area contributed by atoms with E-state index in [1.54, 1.807) is 13.1 Å². The molecule has 0 aromatic carbocycles. The monoisotopic (exact) mass is 464 g/mol. The first-order valence-corrected chi connectivity index (χ1v) is 11.1. The van der Waals surface area contributed by atoms with Gasteiger partial charge in [-0.25, -0.2) is 18.7 Å². The number of halogens is 2. The Bertz CT molecular complexity index is 1060. The van der Waals surface area contributed by atoms with Gasteiger partial charge in [-0.1, -0.05) is 0 Å². The molecule has 9 nitrogen and oxygen atoms in total. The van der Waals surface area contributed by atoms with Crippen molar-refractivity contribution in [2.45, 2.75) is 63.5 Å². The molecule has 0 bridgehead atoms. The summed E-state index contributed by atoms with van der Waals surface area (Å²) >= 11 is 0. The van der Waals surface area contributed by atoms with Crippen molar-refractivity contribution in [3.8, 4) is 0 Å². The van der Waals surface area contributed by atoms with Crippen LogP contribution in [0.5, 0.6) is 0 Å². The van der Waals surface area contributed by atoms with Crippen LogP contribution in [0.3, 0.4) is 0 Å². The minimum absolute atomic E-state index is 0.0223. The van der Waals surface area contributed by atoms with E-state index < -0.39 is 30.3 Å². The maximum atomic E-state index is 13.4. The average molecular weight is 465 g/mol. The standard InChI is InChI=1S/C22H30F2N6O3/c1-14(31)30-9-8-29(13-20(30,2)3)16-11-26-18-17(28-16)15(10-25-18)19(32)27-12-21(33)4-6-22(23,24)7-5-21/h10-11,33H,4-9,12-13H2,1-3H3,(H,25,26)(H,27,32). The predicted molar refractivity (Wildman–Crippen MR) is 118 cm³/mol. The molecule has 2 aliphatic rings. The Morgan fingerprint density at radius 1 is 1.21 bits per heavy atom. The number of fused-ring (bicyclic) bond motifs is 1. The number of aromatic nitrogens is 3. The molecule has 3 heterocycles. The van der Waals surface area contributed by atoms with Crippen LogP contribution >= 0.6 is 0 Å². The van der Waals surface area contributed by atoms with Crippen molar-refractivity contribution in [1.82, 2.24) is 25.2 Å². The number of hydrogen-bond donors (Lipinski definition) is 3. The molecular weight excluding hydrogens is 434 g/mol. The van der Waals surface area contributed by atoms with Gasteiger partial charge < -0.3 is 25.2 Å². The molecule has 33 heavy (non-hydrogen) atoms. The van der Waals surface area contributed by atoms with E-state index in [9.17, 15) is 23.5 Å². The lowest BCUT2D eigenvalue weighted by atomic mass is 9.82. The number of aliphatic hydroxyl groups is 1. The second-order valence-corrected chi connectivity index (χ2v) is 9.80. The molecular formula is C22H30F2N6O3. The molecule has 1 aliphatic heterocycles. The van der Waals surface area contributed by atoms with Crippen LogP contribution in [0.25, 0.3) is 11.2 Å². The number of piperazine rings is 1. The van der Waals surface area contributed by atoms with Crippen LogP contribution in [-0.4, -0.2) is 80.0 Å². The number of aromatic amines is 1. The van der Waals surface area contributed by atoms with Crippen LogP contribution in [0, 0.1) is 0 Å². The summed E-state index contributed by atoms with van der Waals surface area (Å²) in [5.41, 5.74) is -0.626. The van der Waals surface area contributed by atoms with Crippen LogP contribution in [0.1, 0.15) is 56.8 Å². The largest absolute Gasteiger partial charge is 0.388 e. The van der Waals surface area contributed by atoms with Crippen LogP contribution < -0.4 is 10.2 Å². The Labute approximate surface area is 190 Å². The number of nitrogens with zero attached hydrogens (tertiary/aromatic N) is 4. The van der Waals surface area contributed by atoms with Crippen molar-refractivity contribution in [3.63, 3.8) is 0 Å². The number of carbonyl (C=O) groups is 2. The number of alkyl halides is 2. The summed E-state index contributed by atoms with van der Waals surface area (Å²) in [7, 11) is 0. The third-order valence-corrected chi connectivity index (χ3v) is 6.71. The van der Waals surface area contributed by atoms with Gasteiger partial charge in [0.1, 0.15) is 11.3 Å². The first-order chi connectivity index (χ1) is 15.4. The third kappa shape index (κ3) is 4.78. The number of rotatable bonds is 4. The molecule has 0 radical (unpaired) electrons. The highest BCUT2D eigenvalue weighted by Crippen LogP contribution is 2.38. The number of nitrogens with one attached hydrogen (secondary N) is 2. The molecule has 2 amide bonds. The van der Waals surface area contributed by atoms with Crippen molar-refractivity contribution in [2.75, 3.05) is 31.1 Å². The fourth-order valence-corrected chi connectivity index (χ4v) is 4.74. The molecule has 2 aromatic heterocycles. The molecule has 11 heteroatoms. The van der Waals surface area contributed by atoms with Crippen LogP contribution in [0.4, 0.5) is 14.6 Å². The summed E-state index contributed by atoms with van der Waals surface area (Å²) < 4.78 is 26.8. The van der Waals surface area contributed by atoms with E-state index in [-0.39, 0.29) is 36.4 Å². The van der Waals surface area contributed by atoms with Gasteiger partial charge in [-0.2, -0.15) is 0 Å². The minimum atomic E-state index is -2.76. The van der Waals surface area contributed by atoms with E-state index in [1.807, 2.05) is 23.6 Å². The van der Waals surface area contributed by atoms with E-state index in [0.29, 0.717) is 36.6 Å². The van der Waals surface area contributed by atoms with Crippen LogP contribution in [0.15, 0.2) is 12.4 Å². The zero-order valence-corrected chi connectivity index (χ0v) is 19.1. The van der Waals surface area contributed by atoms with Gasteiger partial charge in [0.2, 0.25) is 11.8 Å². The van der Waals surface area contributed by atoms with Gasteiger partial charge in [0, 0.05) is 52.1 Å². The first kappa shape index (κ1) is 23.3. The maximum Gasteiger partial charge on any atom is 0.255 e. The topological polar surface area (TPSA) is 114 Å². The lowest BCUT2D eigenvalue weighted by molar-refractivity contribution is -0.134. The summed E-state index contributed by atoms with van der Waals surface area (Å²) in [6.07, 6.45) is 2.20. The van der Waals surface area contributed by atoms with Gasteiger partial charge in [0.15, 0.2) is 5.65 Å². The summed E-state index contributed by atoms with van der Waals surface area (Å²) in [6, 6.07) is 0. The number of carbonyl (C=O) groups excluding carboxylic acids is 2. The van der Waals surface area contributed by atoms with Crippen molar-refractivity contribution >= 4 is 28.8 Å². The van der Waals surface area contributed by atoms with Gasteiger partial charge >= 0.3 is 0 Å². The highest BCUT2D eigenvalue weighted by molar-refractivity contribution is 6.04. The van der Waals surface area contributed by atoms with Crippen LogP contribution in [-0.2, 0) is 4.79 Å². The minimum Gasteiger partial charge on any atom is -0.388 e. The molecule has 2 fully saturated rings. The second-order valence-electron chi connectivity index (χ2n) is 9.80. The lowest BCUT2D eigenvalue weighted by Crippen LogP contribution is -2.60. The third-order valence-electron chi connectivity index (χ3n) is 6.71. The van der Waals surface area contributed by atoms with Crippen LogP contribution in [0.2, 0.25) is 0 Å². The molecule has 0 spiro atoms. The first-order valence-electron chi connectivity index (χ1n) is 11.1. The predicted octanol–water partition coefficient (Wildman–Crippen LogP) is 2.08. The normalized spacial score (nSPS) is 21.8. The lowest BCUT2D eigenvalue weighted by Gasteiger charge is -2.47. The number of hydrogen-bond acceptors (Lipinski definition) is 6. The van der Waals surface area contributed by atoms with E-state index in [4.69, 9.17) is 0 Å². The SMILES string of the molecule is CC(=O)N1CCN(c2cnc3[nH]cc(C(=O)NCC4(O)CCC(F)(F)CC4)c3n2)CC1(C)C. The summed E-state index contributed by atoms with van der Waals surface area (Å²) in [5, 5.41) is 13.2. The molecule has 0 atom stereocenters.